The van der Waals surface area contributed by atoms with Crippen LogP contribution in [0.15, 0.2) is 35.3 Å². The molecule has 4 N–H and O–H groups in total. The molecule has 0 bridgehead atoms. The van der Waals surface area contributed by atoms with Crippen LogP contribution in [-0.2, 0) is 0 Å². The van der Waals surface area contributed by atoms with E-state index in [9.17, 15) is 0 Å². The summed E-state index contributed by atoms with van der Waals surface area (Å²) in [7, 11) is 0. The molecule has 1 aromatic carbocycles. The molecule has 0 saturated carbocycles. The summed E-state index contributed by atoms with van der Waals surface area (Å²) in [6.45, 7) is 6.23. The third-order valence-corrected chi connectivity index (χ3v) is 2.45. The molecule has 0 spiro atoms. The second-order valence-electron chi connectivity index (χ2n) is 4.26. The normalized spacial score (nSPS) is 12.4. The number of benzene rings is 1. The average Bonchev–Trinajstić information content (AvgIpc) is 2.29. The molecule has 0 saturated heterocycles. The van der Waals surface area contributed by atoms with Gasteiger partial charge >= 0.3 is 0 Å². The minimum Gasteiger partial charge on any atom is -0.325 e. The second kappa shape index (κ2) is 5.51. The van der Waals surface area contributed by atoms with E-state index in [1.165, 1.54) is 0 Å². The van der Waals surface area contributed by atoms with Gasteiger partial charge in [0.05, 0.1) is 5.54 Å². The first-order chi connectivity index (χ1) is 7.57. The van der Waals surface area contributed by atoms with Crippen molar-refractivity contribution in [3.63, 3.8) is 0 Å². The number of rotatable bonds is 3. The van der Waals surface area contributed by atoms with Gasteiger partial charge in [-0.2, -0.15) is 0 Å². The molecule has 16 heavy (non-hydrogen) atoms. The van der Waals surface area contributed by atoms with Gasteiger partial charge in [0.25, 0.3) is 0 Å². The van der Waals surface area contributed by atoms with E-state index in [0.29, 0.717) is 5.96 Å². The van der Waals surface area contributed by atoms with E-state index in [2.05, 4.69) is 36.5 Å². The van der Waals surface area contributed by atoms with Crippen molar-refractivity contribution in [2.45, 2.75) is 32.7 Å². The highest BCUT2D eigenvalue weighted by Gasteiger charge is 2.14. The number of anilines is 1. The molecule has 0 amide bonds. The maximum Gasteiger partial charge on any atom is 0.210 e. The van der Waals surface area contributed by atoms with E-state index < -0.39 is 0 Å². The predicted octanol–water partition coefficient (Wildman–Crippen LogP) is 2.11. The fourth-order valence-corrected chi connectivity index (χ4v) is 1.14. The third kappa shape index (κ3) is 3.90. The van der Waals surface area contributed by atoms with Crippen molar-refractivity contribution in [3.05, 3.63) is 30.3 Å². The molecule has 0 radical (unpaired) electrons. The van der Waals surface area contributed by atoms with Crippen LogP contribution >= 0.6 is 0 Å². The Morgan fingerprint density at radius 3 is 2.44 bits per heavy atom. The number of hydrazine groups is 1. The molecule has 1 aromatic rings. The highest BCUT2D eigenvalue weighted by molar-refractivity contribution is 5.93. The molecule has 0 atom stereocenters. The van der Waals surface area contributed by atoms with Gasteiger partial charge in [-0.1, -0.05) is 25.1 Å². The number of para-hydroxylation sites is 1. The largest absolute Gasteiger partial charge is 0.325 e. The summed E-state index contributed by atoms with van der Waals surface area (Å²) in [6.07, 6.45) is 0.953. The third-order valence-electron chi connectivity index (χ3n) is 2.45. The van der Waals surface area contributed by atoms with Gasteiger partial charge in [0.15, 0.2) is 0 Å². The Morgan fingerprint density at radius 2 is 1.94 bits per heavy atom. The summed E-state index contributed by atoms with van der Waals surface area (Å²) in [5, 5.41) is 3.13. The number of nitrogens with two attached hydrogens (primary N) is 1. The van der Waals surface area contributed by atoms with E-state index in [4.69, 9.17) is 5.84 Å². The van der Waals surface area contributed by atoms with Gasteiger partial charge in [0.1, 0.15) is 0 Å². The van der Waals surface area contributed by atoms with Crippen LogP contribution < -0.4 is 16.6 Å². The Kier molecular flexibility index (Phi) is 4.31. The van der Waals surface area contributed by atoms with Crippen LogP contribution in [0, 0.1) is 0 Å². The summed E-state index contributed by atoms with van der Waals surface area (Å²) < 4.78 is 0. The van der Waals surface area contributed by atoms with Crippen LogP contribution in [0.3, 0.4) is 0 Å². The standard InChI is InChI=1S/C12H20N4/c1-4-12(2,3)15-11(16-13)14-10-8-6-5-7-9-10/h5-9H,4,13H2,1-3H3,(H2,14,15,16). The van der Waals surface area contributed by atoms with Crippen molar-refractivity contribution < 1.29 is 0 Å². The first-order valence-corrected chi connectivity index (χ1v) is 5.46. The fourth-order valence-electron chi connectivity index (χ4n) is 1.14. The number of guanidine groups is 1. The summed E-state index contributed by atoms with van der Waals surface area (Å²) in [5.74, 6) is 6.02. The number of hydrogen-bond donors (Lipinski definition) is 3. The lowest BCUT2D eigenvalue weighted by Crippen LogP contribution is -2.38. The minimum absolute atomic E-state index is 0.122. The maximum atomic E-state index is 5.44. The molecule has 4 heteroatoms. The van der Waals surface area contributed by atoms with E-state index in [1.54, 1.807) is 0 Å². The van der Waals surface area contributed by atoms with Crippen LogP contribution in [0.4, 0.5) is 5.69 Å². The Labute approximate surface area is 96.9 Å². The summed E-state index contributed by atoms with van der Waals surface area (Å²) in [4.78, 5) is 4.51. The first kappa shape index (κ1) is 12.5. The molecular weight excluding hydrogens is 200 g/mol. The molecule has 0 aliphatic rings. The Balaban J connectivity index is 2.77. The number of nitrogens with one attached hydrogen (secondary N) is 2. The SMILES string of the molecule is CCC(C)(C)N=C(NN)Nc1ccccc1. The van der Waals surface area contributed by atoms with Crippen LogP contribution in [0.5, 0.6) is 0 Å². The van der Waals surface area contributed by atoms with E-state index in [1.807, 2.05) is 30.3 Å². The average molecular weight is 220 g/mol. The number of hydrogen-bond acceptors (Lipinski definition) is 2. The van der Waals surface area contributed by atoms with E-state index in [0.717, 1.165) is 12.1 Å². The molecule has 0 heterocycles. The molecule has 0 fully saturated rings. The van der Waals surface area contributed by atoms with Crippen LogP contribution in [0.25, 0.3) is 0 Å². The zero-order valence-electron chi connectivity index (χ0n) is 10.1. The van der Waals surface area contributed by atoms with E-state index >= 15 is 0 Å². The van der Waals surface area contributed by atoms with Crippen LogP contribution in [-0.4, -0.2) is 11.5 Å². The molecule has 0 aliphatic carbocycles. The van der Waals surface area contributed by atoms with Crippen molar-refractivity contribution in [2.75, 3.05) is 5.32 Å². The molecule has 1 rings (SSSR count). The predicted molar refractivity (Wildman–Crippen MR) is 69.2 cm³/mol. The lowest BCUT2D eigenvalue weighted by atomic mass is 10.0. The molecule has 0 unspecified atom stereocenters. The number of aliphatic imine (C=N–C) groups is 1. The smallest absolute Gasteiger partial charge is 0.210 e. The minimum atomic E-state index is -0.122. The van der Waals surface area contributed by atoms with Crippen molar-refractivity contribution in [1.82, 2.24) is 5.43 Å². The molecule has 4 nitrogen and oxygen atoms in total. The highest BCUT2D eigenvalue weighted by Crippen LogP contribution is 2.14. The molecule has 88 valence electrons. The van der Waals surface area contributed by atoms with Gasteiger partial charge < -0.3 is 5.32 Å². The van der Waals surface area contributed by atoms with Crippen molar-refractivity contribution >= 4 is 11.6 Å². The highest BCUT2D eigenvalue weighted by atomic mass is 15.3. The quantitative estimate of drug-likeness (QED) is 0.316. The summed E-state index contributed by atoms with van der Waals surface area (Å²) in [5.41, 5.74) is 3.42. The molecule has 0 aliphatic heterocycles. The fraction of sp³-hybridized carbons (Fsp3) is 0.417. The van der Waals surface area contributed by atoms with Gasteiger partial charge in [-0.3, -0.25) is 5.43 Å². The maximum absolute atomic E-state index is 5.44. The lowest BCUT2D eigenvalue weighted by Gasteiger charge is -2.19. The Hall–Kier alpha value is -1.55. The zero-order valence-corrected chi connectivity index (χ0v) is 10.1. The molecular formula is C12H20N4. The number of nitrogens with zero attached hydrogens (tertiary/aromatic N) is 1. The Bertz CT molecular complexity index is 343. The van der Waals surface area contributed by atoms with Gasteiger partial charge in [-0.05, 0) is 32.4 Å². The van der Waals surface area contributed by atoms with Crippen molar-refractivity contribution in [3.8, 4) is 0 Å². The lowest BCUT2D eigenvalue weighted by molar-refractivity contribution is 0.502. The van der Waals surface area contributed by atoms with Crippen molar-refractivity contribution in [2.24, 2.45) is 10.8 Å². The van der Waals surface area contributed by atoms with Crippen LogP contribution in [0.1, 0.15) is 27.2 Å². The Morgan fingerprint density at radius 1 is 1.31 bits per heavy atom. The second-order valence-corrected chi connectivity index (χ2v) is 4.26. The van der Waals surface area contributed by atoms with E-state index in [-0.39, 0.29) is 5.54 Å². The van der Waals surface area contributed by atoms with Gasteiger partial charge in [0, 0.05) is 5.69 Å². The van der Waals surface area contributed by atoms with Gasteiger partial charge in [-0.25, -0.2) is 10.8 Å². The summed E-state index contributed by atoms with van der Waals surface area (Å²) >= 11 is 0. The van der Waals surface area contributed by atoms with Crippen molar-refractivity contribution in [1.29, 1.82) is 0 Å². The monoisotopic (exact) mass is 220 g/mol. The summed E-state index contributed by atoms with van der Waals surface area (Å²) in [6, 6.07) is 9.81. The topological polar surface area (TPSA) is 62.4 Å². The van der Waals surface area contributed by atoms with Gasteiger partial charge in [0.2, 0.25) is 5.96 Å². The molecule has 0 aromatic heterocycles. The first-order valence-electron chi connectivity index (χ1n) is 5.46. The van der Waals surface area contributed by atoms with Gasteiger partial charge in [-0.15, -0.1) is 0 Å². The van der Waals surface area contributed by atoms with Crippen LogP contribution in [0.2, 0.25) is 0 Å². The zero-order chi connectivity index (χ0) is 12.0.